The van der Waals surface area contributed by atoms with Gasteiger partial charge in [0.1, 0.15) is 4.88 Å². The van der Waals surface area contributed by atoms with E-state index in [0.717, 1.165) is 19.1 Å². The van der Waals surface area contributed by atoms with Crippen molar-refractivity contribution in [3.63, 3.8) is 0 Å². The predicted molar refractivity (Wildman–Crippen MR) is 108 cm³/mol. The first-order chi connectivity index (χ1) is 13.2. The van der Waals surface area contributed by atoms with Gasteiger partial charge in [0, 0.05) is 0 Å². The van der Waals surface area contributed by atoms with Crippen molar-refractivity contribution in [1.29, 1.82) is 0 Å². The SMILES string of the molecule is CC[C@@H](C)c1ccccc1NS(=O)(=O)c1sc(C(=O)OC)c(C)c1C(=O)OC. The number of hydrogen-bond acceptors (Lipinski definition) is 7. The molecule has 2 rings (SSSR count). The lowest BCUT2D eigenvalue weighted by atomic mass is 9.97. The summed E-state index contributed by atoms with van der Waals surface area (Å²) in [5.41, 5.74) is 1.31. The number of para-hydroxylation sites is 1. The Bertz CT molecular complexity index is 994. The summed E-state index contributed by atoms with van der Waals surface area (Å²) in [7, 11) is -1.81. The lowest BCUT2D eigenvalue weighted by Gasteiger charge is -2.16. The van der Waals surface area contributed by atoms with E-state index >= 15 is 0 Å². The average molecular weight is 426 g/mol. The summed E-state index contributed by atoms with van der Waals surface area (Å²) in [6.45, 7) is 5.50. The van der Waals surface area contributed by atoms with Crippen molar-refractivity contribution >= 4 is 39.0 Å². The minimum absolute atomic E-state index is 0.0403. The van der Waals surface area contributed by atoms with E-state index in [1.165, 1.54) is 14.0 Å². The highest BCUT2D eigenvalue weighted by atomic mass is 32.2. The van der Waals surface area contributed by atoms with Gasteiger partial charge in [-0.15, -0.1) is 11.3 Å². The van der Waals surface area contributed by atoms with Crippen LogP contribution in [-0.4, -0.2) is 34.6 Å². The van der Waals surface area contributed by atoms with E-state index in [-0.39, 0.29) is 26.1 Å². The molecule has 0 amide bonds. The Kier molecular flexibility index (Phi) is 6.84. The maximum absolute atomic E-state index is 13.1. The predicted octanol–water partition coefficient (Wildman–Crippen LogP) is 3.94. The molecule has 0 saturated carbocycles. The summed E-state index contributed by atoms with van der Waals surface area (Å²) in [6, 6.07) is 7.08. The maximum atomic E-state index is 13.1. The van der Waals surface area contributed by atoms with Crippen LogP contribution in [0.5, 0.6) is 0 Å². The minimum atomic E-state index is -4.15. The molecule has 9 heteroatoms. The molecule has 0 aliphatic carbocycles. The molecule has 28 heavy (non-hydrogen) atoms. The molecule has 1 aromatic carbocycles. The van der Waals surface area contributed by atoms with Gasteiger partial charge >= 0.3 is 11.9 Å². The molecule has 1 aromatic heterocycles. The topological polar surface area (TPSA) is 98.8 Å². The fourth-order valence-corrected chi connectivity index (χ4v) is 5.57. The van der Waals surface area contributed by atoms with E-state index in [1.807, 2.05) is 26.0 Å². The third-order valence-electron chi connectivity index (χ3n) is 4.47. The highest BCUT2D eigenvalue weighted by Gasteiger charge is 2.33. The summed E-state index contributed by atoms with van der Waals surface area (Å²) in [4.78, 5) is 24.3. The van der Waals surface area contributed by atoms with Crippen LogP contribution in [0.3, 0.4) is 0 Å². The van der Waals surface area contributed by atoms with Gasteiger partial charge in [0.15, 0.2) is 4.21 Å². The number of ether oxygens (including phenoxy) is 2. The van der Waals surface area contributed by atoms with E-state index in [4.69, 9.17) is 9.47 Å². The fraction of sp³-hybridized carbons (Fsp3) is 0.368. The van der Waals surface area contributed by atoms with Gasteiger partial charge in [0.2, 0.25) is 0 Å². The first-order valence-corrected chi connectivity index (χ1v) is 10.9. The first-order valence-electron chi connectivity index (χ1n) is 8.59. The highest BCUT2D eigenvalue weighted by Crippen LogP contribution is 2.35. The number of hydrogen-bond donors (Lipinski definition) is 1. The molecular formula is C19H23NO6S2. The lowest BCUT2D eigenvalue weighted by Crippen LogP contribution is -2.17. The molecule has 0 fully saturated rings. The van der Waals surface area contributed by atoms with Gasteiger partial charge in [-0.2, -0.15) is 0 Å². The molecule has 1 atom stereocenters. The average Bonchev–Trinajstić information content (AvgIpc) is 3.04. The normalized spacial score (nSPS) is 12.3. The number of nitrogens with one attached hydrogen (secondary N) is 1. The van der Waals surface area contributed by atoms with Gasteiger partial charge in [-0.1, -0.05) is 32.0 Å². The second-order valence-corrected chi connectivity index (χ2v) is 9.10. The molecule has 0 radical (unpaired) electrons. The second kappa shape index (κ2) is 8.74. The fourth-order valence-electron chi connectivity index (χ4n) is 2.73. The van der Waals surface area contributed by atoms with Crippen LogP contribution in [0.2, 0.25) is 0 Å². The Morgan fingerprint density at radius 1 is 1.14 bits per heavy atom. The number of benzene rings is 1. The third kappa shape index (κ3) is 4.20. The van der Waals surface area contributed by atoms with Gasteiger partial charge in [0.25, 0.3) is 10.0 Å². The Labute approximate surface area is 168 Å². The number of esters is 2. The van der Waals surface area contributed by atoms with Gasteiger partial charge in [0.05, 0.1) is 25.5 Å². The molecule has 0 saturated heterocycles. The zero-order valence-corrected chi connectivity index (χ0v) is 18.0. The molecule has 0 aliphatic heterocycles. The monoisotopic (exact) mass is 425 g/mol. The summed E-state index contributed by atoms with van der Waals surface area (Å²) >= 11 is 0.683. The van der Waals surface area contributed by atoms with E-state index in [9.17, 15) is 18.0 Å². The number of carbonyl (C=O) groups is 2. The number of carbonyl (C=O) groups excluding carboxylic acids is 2. The summed E-state index contributed by atoms with van der Waals surface area (Å²) in [5.74, 6) is -1.41. The summed E-state index contributed by atoms with van der Waals surface area (Å²) in [6.07, 6.45) is 0.830. The second-order valence-electron chi connectivity index (χ2n) is 6.20. The van der Waals surface area contributed by atoms with E-state index in [1.54, 1.807) is 12.1 Å². The van der Waals surface area contributed by atoms with Crippen LogP contribution < -0.4 is 4.72 Å². The quantitative estimate of drug-likeness (QED) is 0.675. The van der Waals surface area contributed by atoms with E-state index in [0.29, 0.717) is 17.0 Å². The van der Waals surface area contributed by atoms with Crippen molar-refractivity contribution in [3.8, 4) is 0 Å². The largest absolute Gasteiger partial charge is 0.465 e. The number of methoxy groups -OCH3 is 2. The molecule has 0 bridgehead atoms. The Morgan fingerprint density at radius 2 is 1.75 bits per heavy atom. The van der Waals surface area contributed by atoms with Crippen molar-refractivity contribution in [2.45, 2.75) is 37.3 Å². The smallest absolute Gasteiger partial charge is 0.348 e. The van der Waals surface area contributed by atoms with Crippen molar-refractivity contribution in [1.82, 2.24) is 0 Å². The van der Waals surface area contributed by atoms with Crippen LogP contribution in [-0.2, 0) is 19.5 Å². The van der Waals surface area contributed by atoms with Crippen molar-refractivity contribution in [3.05, 3.63) is 45.8 Å². The van der Waals surface area contributed by atoms with Crippen molar-refractivity contribution in [2.24, 2.45) is 0 Å². The molecular weight excluding hydrogens is 402 g/mol. The van der Waals surface area contributed by atoms with Crippen LogP contribution >= 0.6 is 11.3 Å². The van der Waals surface area contributed by atoms with Gasteiger partial charge in [-0.25, -0.2) is 18.0 Å². The molecule has 2 aromatic rings. The van der Waals surface area contributed by atoms with E-state index < -0.39 is 22.0 Å². The van der Waals surface area contributed by atoms with Crippen LogP contribution in [0.25, 0.3) is 0 Å². The standard InChI is InChI=1S/C19H23NO6S2/c1-6-11(2)13-9-7-8-10-14(13)20-28(23,24)19-15(17(21)25-4)12(3)16(27-19)18(22)26-5/h7-11,20H,6H2,1-5H3/t11-/m1/s1. The number of thiophene rings is 1. The number of rotatable bonds is 7. The maximum Gasteiger partial charge on any atom is 0.348 e. The minimum Gasteiger partial charge on any atom is -0.465 e. The first kappa shape index (κ1) is 21.9. The molecule has 0 spiro atoms. The summed E-state index contributed by atoms with van der Waals surface area (Å²) < 4.78 is 38.0. The molecule has 7 nitrogen and oxygen atoms in total. The Balaban J connectivity index is 2.61. The number of sulfonamides is 1. The molecule has 152 valence electrons. The van der Waals surface area contributed by atoms with Crippen LogP contribution in [0.1, 0.15) is 57.3 Å². The van der Waals surface area contributed by atoms with Crippen LogP contribution in [0.15, 0.2) is 28.5 Å². The van der Waals surface area contributed by atoms with Gasteiger partial charge in [-0.3, -0.25) is 4.72 Å². The molecule has 1 N–H and O–H groups in total. The molecule has 0 aliphatic rings. The lowest BCUT2D eigenvalue weighted by molar-refractivity contribution is 0.0596. The Morgan fingerprint density at radius 3 is 2.32 bits per heavy atom. The zero-order valence-electron chi connectivity index (χ0n) is 16.4. The number of anilines is 1. The third-order valence-corrected chi connectivity index (χ3v) is 7.62. The summed E-state index contributed by atoms with van der Waals surface area (Å²) in [5, 5.41) is 0. The van der Waals surface area contributed by atoms with Crippen LogP contribution in [0, 0.1) is 6.92 Å². The van der Waals surface area contributed by atoms with Crippen molar-refractivity contribution in [2.75, 3.05) is 18.9 Å². The van der Waals surface area contributed by atoms with Gasteiger partial charge < -0.3 is 9.47 Å². The Hall–Kier alpha value is -2.39. The van der Waals surface area contributed by atoms with E-state index in [2.05, 4.69) is 4.72 Å². The molecule has 1 heterocycles. The van der Waals surface area contributed by atoms with Crippen molar-refractivity contribution < 1.29 is 27.5 Å². The molecule has 0 unspecified atom stereocenters. The van der Waals surface area contributed by atoms with Crippen LogP contribution in [0.4, 0.5) is 5.69 Å². The highest BCUT2D eigenvalue weighted by molar-refractivity contribution is 7.94. The van der Waals surface area contributed by atoms with Gasteiger partial charge in [-0.05, 0) is 36.5 Å². The zero-order chi connectivity index (χ0) is 21.1.